The second-order valence-corrected chi connectivity index (χ2v) is 8.03. The third-order valence-electron chi connectivity index (χ3n) is 4.78. The highest BCUT2D eigenvalue weighted by Gasteiger charge is 2.43. The number of anilines is 1. The summed E-state index contributed by atoms with van der Waals surface area (Å²) in [5.41, 5.74) is 1.18. The number of carbonyl (C=O) groups is 3. The second kappa shape index (κ2) is 7.25. The minimum absolute atomic E-state index is 0.133. The van der Waals surface area contributed by atoms with E-state index in [9.17, 15) is 14.4 Å². The summed E-state index contributed by atoms with van der Waals surface area (Å²) < 4.78 is 5.46. The van der Waals surface area contributed by atoms with Crippen molar-refractivity contribution in [1.82, 2.24) is 4.98 Å². The van der Waals surface area contributed by atoms with Gasteiger partial charge in [-0.2, -0.15) is 0 Å². The lowest BCUT2D eigenvalue weighted by Gasteiger charge is -2.32. The van der Waals surface area contributed by atoms with E-state index in [1.807, 2.05) is 42.5 Å². The zero-order chi connectivity index (χ0) is 20.6. The monoisotopic (exact) mass is 406 g/mol. The summed E-state index contributed by atoms with van der Waals surface area (Å²) >= 11 is 1.11. The number of fused-ring (bicyclic) bond motifs is 1. The summed E-state index contributed by atoms with van der Waals surface area (Å²) in [6, 6.07) is 16.4. The second-order valence-electron chi connectivity index (χ2n) is 7.03. The first-order valence-corrected chi connectivity index (χ1v) is 9.89. The van der Waals surface area contributed by atoms with Gasteiger partial charge in [0, 0.05) is 18.9 Å². The van der Waals surface area contributed by atoms with E-state index < -0.39 is 17.5 Å². The van der Waals surface area contributed by atoms with Crippen LogP contribution < -0.4 is 5.32 Å². The average Bonchev–Trinajstić information content (AvgIpc) is 3.13. The molecule has 1 amide bonds. The topological polar surface area (TPSA) is 85.4 Å². The Morgan fingerprint density at radius 2 is 1.79 bits per heavy atom. The SMILES string of the molecule is CC(=O)c1sc(NC(=O)[C@@]2(C)Cc3ccccc3C(=O)O2)nc1-c1ccccc1. The van der Waals surface area contributed by atoms with Gasteiger partial charge in [-0.25, -0.2) is 9.78 Å². The number of ether oxygens (including phenoxy) is 1. The molecular weight excluding hydrogens is 388 g/mol. The number of nitrogens with zero attached hydrogens (tertiary/aromatic N) is 1. The summed E-state index contributed by atoms with van der Waals surface area (Å²) in [5.74, 6) is -1.15. The predicted molar refractivity (Wildman–Crippen MR) is 110 cm³/mol. The highest BCUT2D eigenvalue weighted by Crippen LogP contribution is 2.33. The van der Waals surface area contributed by atoms with Gasteiger partial charge >= 0.3 is 5.97 Å². The van der Waals surface area contributed by atoms with E-state index in [0.717, 1.165) is 22.5 Å². The third kappa shape index (κ3) is 3.56. The lowest BCUT2D eigenvalue weighted by molar-refractivity contribution is -0.134. The molecule has 6 nitrogen and oxygen atoms in total. The van der Waals surface area contributed by atoms with E-state index >= 15 is 0 Å². The van der Waals surface area contributed by atoms with Crippen molar-refractivity contribution in [3.05, 3.63) is 70.6 Å². The number of cyclic esters (lactones) is 1. The van der Waals surface area contributed by atoms with Crippen molar-refractivity contribution in [2.75, 3.05) is 5.32 Å². The van der Waals surface area contributed by atoms with Crippen LogP contribution in [0, 0.1) is 0 Å². The molecule has 2 aromatic carbocycles. The van der Waals surface area contributed by atoms with Crippen LogP contribution in [0.25, 0.3) is 11.3 Å². The number of aromatic nitrogens is 1. The Balaban J connectivity index is 1.62. The number of nitrogens with one attached hydrogen (secondary N) is 1. The van der Waals surface area contributed by atoms with Gasteiger partial charge in [-0.3, -0.25) is 14.9 Å². The molecule has 1 aliphatic rings. The number of rotatable bonds is 4. The molecule has 3 aromatic rings. The van der Waals surface area contributed by atoms with E-state index in [-0.39, 0.29) is 17.3 Å². The van der Waals surface area contributed by atoms with Gasteiger partial charge in [0.15, 0.2) is 16.5 Å². The molecule has 29 heavy (non-hydrogen) atoms. The van der Waals surface area contributed by atoms with Crippen LogP contribution in [-0.4, -0.2) is 28.2 Å². The fraction of sp³-hybridized carbons (Fsp3) is 0.182. The van der Waals surface area contributed by atoms with Gasteiger partial charge < -0.3 is 4.74 Å². The van der Waals surface area contributed by atoms with Gasteiger partial charge in [0.05, 0.1) is 16.1 Å². The molecule has 1 N–H and O–H groups in total. The van der Waals surface area contributed by atoms with E-state index in [4.69, 9.17) is 4.74 Å². The van der Waals surface area contributed by atoms with Gasteiger partial charge in [-0.05, 0) is 18.6 Å². The van der Waals surface area contributed by atoms with Crippen LogP contribution in [0.15, 0.2) is 54.6 Å². The molecule has 0 aliphatic carbocycles. The van der Waals surface area contributed by atoms with Crippen LogP contribution in [0.2, 0.25) is 0 Å². The maximum absolute atomic E-state index is 13.0. The van der Waals surface area contributed by atoms with E-state index in [0.29, 0.717) is 16.1 Å². The molecule has 0 radical (unpaired) electrons. The number of Topliss-reactive ketones (excluding diaryl/α,β-unsaturated/α-hetero) is 1. The Kier molecular flexibility index (Phi) is 4.76. The van der Waals surface area contributed by atoms with Crippen molar-refractivity contribution in [1.29, 1.82) is 0 Å². The van der Waals surface area contributed by atoms with E-state index in [2.05, 4.69) is 10.3 Å². The Morgan fingerprint density at radius 1 is 1.10 bits per heavy atom. The molecule has 7 heteroatoms. The molecule has 0 fully saturated rings. The first-order chi connectivity index (χ1) is 13.9. The summed E-state index contributed by atoms with van der Waals surface area (Å²) in [6.07, 6.45) is 0.261. The lowest BCUT2D eigenvalue weighted by Crippen LogP contribution is -2.48. The number of amides is 1. The Morgan fingerprint density at radius 3 is 2.52 bits per heavy atom. The first kappa shape index (κ1) is 19.0. The third-order valence-corrected chi connectivity index (χ3v) is 5.85. The fourth-order valence-corrected chi connectivity index (χ4v) is 4.17. The average molecular weight is 406 g/mol. The zero-order valence-corrected chi connectivity index (χ0v) is 16.7. The van der Waals surface area contributed by atoms with Crippen molar-refractivity contribution < 1.29 is 19.1 Å². The largest absolute Gasteiger partial charge is 0.445 e. The normalized spacial score (nSPS) is 17.9. The number of benzene rings is 2. The molecule has 0 unspecified atom stereocenters. The van der Waals surface area contributed by atoms with Crippen LogP contribution in [0.4, 0.5) is 5.13 Å². The molecule has 1 atom stereocenters. The van der Waals surface area contributed by atoms with Crippen molar-refractivity contribution >= 4 is 34.1 Å². The zero-order valence-electron chi connectivity index (χ0n) is 15.9. The molecule has 0 spiro atoms. The van der Waals surface area contributed by atoms with Gasteiger partial charge in [-0.1, -0.05) is 59.9 Å². The smallest absolute Gasteiger partial charge is 0.339 e. The molecule has 2 heterocycles. The maximum Gasteiger partial charge on any atom is 0.339 e. The Hall–Kier alpha value is -3.32. The molecular formula is C22H18N2O4S. The Labute approximate surface area is 171 Å². The molecule has 1 aliphatic heterocycles. The summed E-state index contributed by atoms with van der Waals surface area (Å²) in [5, 5.41) is 3.02. The van der Waals surface area contributed by atoms with Crippen LogP contribution in [-0.2, 0) is 16.0 Å². The number of hydrogen-bond acceptors (Lipinski definition) is 6. The minimum atomic E-state index is -1.36. The van der Waals surface area contributed by atoms with Crippen molar-refractivity contribution in [3.8, 4) is 11.3 Å². The van der Waals surface area contributed by atoms with E-state index in [1.54, 1.807) is 19.1 Å². The molecule has 146 valence electrons. The first-order valence-electron chi connectivity index (χ1n) is 9.07. The molecule has 4 rings (SSSR count). The highest BCUT2D eigenvalue weighted by molar-refractivity contribution is 7.18. The summed E-state index contributed by atoms with van der Waals surface area (Å²) in [7, 11) is 0. The standard InChI is InChI=1S/C22H18N2O4S/c1-13(25)18-17(14-8-4-3-5-9-14)23-21(29-18)24-20(27)22(2)12-15-10-6-7-11-16(15)19(26)28-22/h3-11H,12H2,1-2H3,(H,23,24,27)/t22-/m1/s1. The summed E-state index contributed by atoms with van der Waals surface area (Å²) in [4.78, 5) is 42.3. The number of hydrogen-bond donors (Lipinski definition) is 1. The number of carbonyl (C=O) groups excluding carboxylic acids is 3. The van der Waals surface area contributed by atoms with Gasteiger partial charge in [0.2, 0.25) is 0 Å². The minimum Gasteiger partial charge on any atom is -0.445 e. The van der Waals surface area contributed by atoms with Gasteiger partial charge in [0.25, 0.3) is 5.91 Å². The maximum atomic E-state index is 13.0. The number of thiazole rings is 1. The summed E-state index contributed by atoms with van der Waals surface area (Å²) in [6.45, 7) is 3.04. The lowest BCUT2D eigenvalue weighted by atomic mass is 9.89. The van der Waals surface area contributed by atoms with Crippen LogP contribution in [0.1, 0.15) is 39.4 Å². The Bertz CT molecular complexity index is 1120. The molecule has 0 saturated carbocycles. The molecule has 1 aromatic heterocycles. The van der Waals surface area contributed by atoms with Crippen molar-refractivity contribution in [2.24, 2.45) is 0 Å². The van der Waals surface area contributed by atoms with Gasteiger partial charge in [-0.15, -0.1) is 0 Å². The highest BCUT2D eigenvalue weighted by atomic mass is 32.1. The predicted octanol–water partition coefficient (Wildman–Crippen LogP) is 4.12. The fourth-order valence-electron chi connectivity index (χ4n) is 3.29. The number of esters is 1. The van der Waals surface area contributed by atoms with E-state index in [1.165, 1.54) is 6.92 Å². The molecule has 0 saturated heterocycles. The van der Waals surface area contributed by atoms with Crippen LogP contribution in [0.5, 0.6) is 0 Å². The number of ketones is 1. The van der Waals surface area contributed by atoms with Crippen molar-refractivity contribution in [3.63, 3.8) is 0 Å². The molecule has 0 bridgehead atoms. The quantitative estimate of drug-likeness (QED) is 0.520. The van der Waals surface area contributed by atoms with Crippen LogP contribution in [0.3, 0.4) is 0 Å². The van der Waals surface area contributed by atoms with Crippen molar-refractivity contribution in [2.45, 2.75) is 25.9 Å². The van der Waals surface area contributed by atoms with Gasteiger partial charge in [0.1, 0.15) is 0 Å². The van der Waals surface area contributed by atoms with Crippen LogP contribution >= 0.6 is 11.3 Å².